The molecule has 0 bridgehead atoms. The summed E-state index contributed by atoms with van der Waals surface area (Å²) >= 11 is 0. The first-order chi connectivity index (χ1) is 14.5. The van der Waals surface area contributed by atoms with Crippen molar-refractivity contribution in [3.63, 3.8) is 0 Å². The Morgan fingerprint density at radius 2 is 1.94 bits per heavy atom. The monoisotopic (exact) mass is 442 g/mol. The fraction of sp³-hybridized carbons (Fsp3) is 0.667. The van der Waals surface area contributed by atoms with Crippen LogP contribution < -0.4 is 4.90 Å². The maximum atomic E-state index is 12.9. The van der Waals surface area contributed by atoms with E-state index in [-0.39, 0.29) is 41.1 Å². The number of benzene rings is 1. The first kappa shape index (κ1) is 21.9. The van der Waals surface area contributed by atoms with E-state index in [4.69, 9.17) is 9.47 Å². The molecule has 170 valence electrons. The third kappa shape index (κ3) is 3.86. The number of ether oxygens (including phenoxy) is 2. The van der Waals surface area contributed by atoms with E-state index in [1.165, 1.54) is 0 Å². The Balaban J connectivity index is 1.40. The van der Waals surface area contributed by atoms with E-state index in [0.29, 0.717) is 38.6 Å². The summed E-state index contributed by atoms with van der Waals surface area (Å²) in [5, 5.41) is 11.4. The van der Waals surface area contributed by atoms with Crippen molar-refractivity contribution >= 4 is 17.3 Å². The number of hydrogen-bond donors (Lipinski definition) is 0. The highest BCUT2D eigenvalue weighted by Gasteiger charge is 2.61. The maximum Gasteiger partial charge on any atom is 0.416 e. The molecule has 0 N–H and O–H groups in total. The molecule has 0 amide bonds. The van der Waals surface area contributed by atoms with Crippen LogP contribution in [-0.4, -0.2) is 42.8 Å². The summed E-state index contributed by atoms with van der Waals surface area (Å²) in [6.07, 6.45) is -2.99. The number of anilines is 1. The predicted molar refractivity (Wildman–Crippen MR) is 105 cm³/mol. The van der Waals surface area contributed by atoms with Crippen LogP contribution in [0.5, 0.6) is 0 Å². The first-order valence-electron chi connectivity index (χ1n) is 10.4. The highest BCUT2D eigenvalue weighted by Crippen LogP contribution is 2.54. The number of halogens is 3. The van der Waals surface area contributed by atoms with Crippen LogP contribution in [-0.2, 0) is 20.4 Å². The molecule has 2 aliphatic heterocycles. The smallest absolute Gasteiger partial charge is 0.416 e. The van der Waals surface area contributed by atoms with Gasteiger partial charge in [0, 0.05) is 37.1 Å². The summed E-state index contributed by atoms with van der Waals surface area (Å²) < 4.78 is 50.3. The van der Waals surface area contributed by atoms with Crippen LogP contribution in [0, 0.1) is 27.4 Å². The van der Waals surface area contributed by atoms with Crippen molar-refractivity contribution in [2.75, 3.05) is 24.6 Å². The lowest BCUT2D eigenvalue weighted by Gasteiger charge is -2.53. The van der Waals surface area contributed by atoms with Gasteiger partial charge in [0.2, 0.25) is 0 Å². The highest BCUT2D eigenvalue weighted by atomic mass is 19.4. The average molecular weight is 442 g/mol. The van der Waals surface area contributed by atoms with Crippen LogP contribution in [0.25, 0.3) is 0 Å². The number of carbonyl (C=O) groups is 1. The molecule has 0 spiro atoms. The second-order valence-corrected chi connectivity index (χ2v) is 9.14. The summed E-state index contributed by atoms with van der Waals surface area (Å²) in [6.45, 7) is 5.40. The Morgan fingerprint density at radius 1 is 1.26 bits per heavy atom. The van der Waals surface area contributed by atoms with Crippen molar-refractivity contribution in [3.8, 4) is 0 Å². The molecule has 1 aliphatic carbocycles. The number of nitro groups is 1. The second kappa shape index (κ2) is 7.65. The van der Waals surface area contributed by atoms with Gasteiger partial charge in [-0.25, -0.2) is 0 Å². The van der Waals surface area contributed by atoms with Gasteiger partial charge in [-0.3, -0.25) is 14.9 Å². The fourth-order valence-electron chi connectivity index (χ4n) is 5.21. The number of hydrogen-bond acceptors (Lipinski definition) is 6. The minimum Gasteiger partial charge on any atom is -0.461 e. The second-order valence-electron chi connectivity index (χ2n) is 9.14. The molecular weight excluding hydrogens is 417 g/mol. The summed E-state index contributed by atoms with van der Waals surface area (Å²) in [5.41, 5.74) is -1.73. The molecule has 0 unspecified atom stereocenters. The minimum absolute atomic E-state index is 0.118. The number of carbonyl (C=O) groups excluding carboxylic acids is 1. The van der Waals surface area contributed by atoms with E-state index >= 15 is 0 Å². The van der Waals surface area contributed by atoms with Crippen LogP contribution in [0.1, 0.15) is 38.7 Å². The Labute approximate surface area is 177 Å². The molecule has 0 radical (unpaired) electrons. The minimum atomic E-state index is -4.65. The van der Waals surface area contributed by atoms with Gasteiger partial charge < -0.3 is 14.4 Å². The lowest BCUT2D eigenvalue weighted by Crippen LogP contribution is -2.61. The standard InChI is InChI=1S/C21H25F3N2O5/c1-20(2)17-14(7-10-30-17)18(20)31-19(27)12-5-8-25(9-6-12)15-4-3-13(21(22,23)24)11-16(15)26(28)29/h3-4,11-12,14,17-18H,5-10H2,1-2H3/t14-,17+,18+/m0/s1. The molecule has 1 aromatic carbocycles. The molecule has 7 nitrogen and oxygen atoms in total. The zero-order valence-corrected chi connectivity index (χ0v) is 17.4. The van der Waals surface area contributed by atoms with Crippen LogP contribution in [0.2, 0.25) is 0 Å². The molecule has 3 fully saturated rings. The number of alkyl halides is 3. The van der Waals surface area contributed by atoms with Crippen molar-refractivity contribution in [2.24, 2.45) is 17.3 Å². The lowest BCUT2D eigenvalue weighted by molar-refractivity contribution is -0.384. The van der Waals surface area contributed by atoms with E-state index in [1.54, 1.807) is 4.90 Å². The van der Waals surface area contributed by atoms with Gasteiger partial charge in [-0.1, -0.05) is 13.8 Å². The number of piperidine rings is 1. The summed E-state index contributed by atoms with van der Waals surface area (Å²) in [4.78, 5) is 25.0. The molecule has 0 aromatic heterocycles. The molecule has 1 saturated carbocycles. The van der Waals surface area contributed by atoms with Gasteiger partial charge in [-0.15, -0.1) is 0 Å². The van der Waals surface area contributed by atoms with Crippen molar-refractivity contribution in [3.05, 3.63) is 33.9 Å². The van der Waals surface area contributed by atoms with Crippen LogP contribution in [0.4, 0.5) is 24.5 Å². The van der Waals surface area contributed by atoms with Crippen LogP contribution >= 0.6 is 0 Å². The molecule has 4 rings (SSSR count). The summed E-state index contributed by atoms with van der Waals surface area (Å²) in [6, 6.07) is 2.55. The Kier molecular flexibility index (Phi) is 5.39. The molecule has 2 heterocycles. The lowest BCUT2D eigenvalue weighted by atomic mass is 9.59. The van der Waals surface area contributed by atoms with Gasteiger partial charge >= 0.3 is 12.1 Å². The van der Waals surface area contributed by atoms with Gasteiger partial charge in [0.25, 0.3) is 5.69 Å². The molecule has 2 saturated heterocycles. The van der Waals surface area contributed by atoms with Crippen molar-refractivity contribution < 1.29 is 32.4 Å². The first-order valence-corrected chi connectivity index (χ1v) is 10.4. The fourth-order valence-corrected chi connectivity index (χ4v) is 5.21. The number of fused-ring (bicyclic) bond motifs is 1. The number of esters is 1. The van der Waals surface area contributed by atoms with Gasteiger partial charge in [0.15, 0.2) is 0 Å². The summed E-state index contributed by atoms with van der Waals surface area (Å²) in [7, 11) is 0. The molecule has 3 atom stereocenters. The van der Waals surface area contributed by atoms with Gasteiger partial charge in [-0.05, 0) is 31.4 Å². The van der Waals surface area contributed by atoms with E-state index < -0.39 is 22.4 Å². The third-order valence-corrected chi connectivity index (χ3v) is 6.90. The predicted octanol–water partition coefficient (Wildman–Crippen LogP) is 4.19. The molecular formula is C21H25F3N2O5. The van der Waals surface area contributed by atoms with Crippen molar-refractivity contribution in [1.82, 2.24) is 0 Å². The van der Waals surface area contributed by atoms with E-state index in [0.717, 1.165) is 18.6 Å². The van der Waals surface area contributed by atoms with Crippen molar-refractivity contribution in [2.45, 2.75) is 51.5 Å². The molecule has 1 aromatic rings. The van der Waals surface area contributed by atoms with E-state index in [1.807, 2.05) is 13.8 Å². The SMILES string of the molecule is CC1(C)[C@@H]2OCC[C@@H]2[C@H]1OC(=O)C1CCN(c2ccc(C(F)(F)F)cc2[N+](=O)[O-])CC1. The van der Waals surface area contributed by atoms with Crippen LogP contribution in [0.3, 0.4) is 0 Å². The number of rotatable bonds is 4. The topological polar surface area (TPSA) is 81.9 Å². The average Bonchev–Trinajstić information content (AvgIpc) is 3.18. The van der Waals surface area contributed by atoms with Gasteiger partial charge in [0.05, 0.1) is 22.5 Å². The van der Waals surface area contributed by atoms with Crippen molar-refractivity contribution in [1.29, 1.82) is 0 Å². The molecule has 10 heteroatoms. The number of nitro benzene ring substituents is 1. The quantitative estimate of drug-likeness (QED) is 0.395. The summed E-state index contributed by atoms with van der Waals surface area (Å²) in [5.74, 6) is -0.374. The largest absolute Gasteiger partial charge is 0.461 e. The molecule has 3 aliphatic rings. The zero-order chi connectivity index (χ0) is 22.6. The number of nitrogens with zero attached hydrogens (tertiary/aromatic N) is 2. The van der Waals surface area contributed by atoms with Gasteiger partial charge in [0.1, 0.15) is 11.8 Å². The maximum absolute atomic E-state index is 12.9. The highest BCUT2D eigenvalue weighted by molar-refractivity contribution is 5.74. The van der Waals surface area contributed by atoms with E-state index in [9.17, 15) is 28.1 Å². The Morgan fingerprint density at radius 3 is 2.55 bits per heavy atom. The normalized spacial score (nSPS) is 28.0. The van der Waals surface area contributed by atoms with E-state index in [2.05, 4.69) is 0 Å². The molecule has 31 heavy (non-hydrogen) atoms. The Hall–Kier alpha value is -2.36. The van der Waals surface area contributed by atoms with Gasteiger partial charge in [-0.2, -0.15) is 13.2 Å². The zero-order valence-electron chi connectivity index (χ0n) is 17.4. The Bertz CT molecular complexity index is 880. The van der Waals surface area contributed by atoms with Crippen LogP contribution in [0.15, 0.2) is 18.2 Å². The third-order valence-electron chi connectivity index (χ3n) is 6.90.